The van der Waals surface area contributed by atoms with Crippen LogP contribution in [0.5, 0.6) is 5.75 Å². The highest BCUT2D eigenvalue weighted by molar-refractivity contribution is 9.11. The average Bonchev–Trinajstić information content (AvgIpc) is 2.48. The van der Waals surface area contributed by atoms with Crippen LogP contribution >= 0.6 is 31.9 Å². The maximum atomic E-state index is 5.74. The molecule has 0 bridgehead atoms. The van der Waals surface area contributed by atoms with E-state index >= 15 is 0 Å². The van der Waals surface area contributed by atoms with Crippen molar-refractivity contribution < 1.29 is 4.74 Å². The summed E-state index contributed by atoms with van der Waals surface area (Å²) in [6.45, 7) is 5.51. The van der Waals surface area contributed by atoms with Gasteiger partial charge in [0.15, 0.2) is 0 Å². The number of hydrogen-bond acceptors (Lipinski definition) is 3. The zero-order chi connectivity index (χ0) is 15.2. The predicted octanol–water partition coefficient (Wildman–Crippen LogP) is 4.86. The molecule has 0 saturated heterocycles. The summed E-state index contributed by atoms with van der Waals surface area (Å²) < 4.78 is 7.74. The molecule has 1 aromatic carbocycles. The third-order valence-corrected chi connectivity index (χ3v) is 4.23. The maximum Gasteiger partial charge on any atom is 0.138 e. The van der Waals surface area contributed by atoms with E-state index in [1.807, 2.05) is 37.5 Å². The molecule has 1 heterocycles. The Morgan fingerprint density at radius 3 is 2.62 bits per heavy atom. The summed E-state index contributed by atoms with van der Waals surface area (Å²) in [6.07, 6.45) is 3.63. The molecule has 21 heavy (non-hydrogen) atoms. The number of halogens is 2. The maximum absolute atomic E-state index is 5.74. The quantitative estimate of drug-likeness (QED) is 0.734. The first-order chi connectivity index (χ1) is 10.1. The molecule has 0 aliphatic rings. The van der Waals surface area contributed by atoms with Crippen molar-refractivity contribution >= 4 is 31.9 Å². The van der Waals surface area contributed by atoms with E-state index in [1.165, 1.54) is 5.56 Å². The van der Waals surface area contributed by atoms with Crippen LogP contribution in [0.2, 0.25) is 0 Å². The fraction of sp³-hybridized carbons (Fsp3) is 0.312. The fourth-order valence-corrected chi connectivity index (χ4v) is 3.51. The molecular weight excluding hydrogens is 396 g/mol. The Morgan fingerprint density at radius 1 is 1.24 bits per heavy atom. The fourth-order valence-electron chi connectivity index (χ4n) is 2.08. The molecule has 0 radical (unpaired) electrons. The van der Waals surface area contributed by atoms with Crippen molar-refractivity contribution in [2.75, 3.05) is 6.61 Å². The zero-order valence-electron chi connectivity index (χ0n) is 12.1. The molecule has 0 amide bonds. The largest absolute Gasteiger partial charge is 0.492 e. The number of hydrogen-bond donors (Lipinski definition) is 1. The van der Waals surface area contributed by atoms with Crippen LogP contribution in [0.15, 0.2) is 45.6 Å². The van der Waals surface area contributed by atoms with E-state index in [0.29, 0.717) is 6.61 Å². The normalized spacial score (nSPS) is 12.2. The second-order valence-corrected chi connectivity index (χ2v) is 6.46. The topological polar surface area (TPSA) is 34.1 Å². The van der Waals surface area contributed by atoms with E-state index < -0.39 is 0 Å². The molecule has 2 aromatic rings. The summed E-state index contributed by atoms with van der Waals surface area (Å²) in [6, 6.07) is 8.39. The number of ether oxygens (including phenoxy) is 1. The van der Waals surface area contributed by atoms with Crippen molar-refractivity contribution in [3.8, 4) is 5.75 Å². The third-order valence-electron chi connectivity index (χ3n) is 3.18. The lowest BCUT2D eigenvalue weighted by atomic mass is 10.1. The van der Waals surface area contributed by atoms with Crippen LogP contribution in [0.1, 0.15) is 31.0 Å². The van der Waals surface area contributed by atoms with Crippen LogP contribution in [-0.4, -0.2) is 11.6 Å². The molecule has 5 heteroatoms. The Hall–Kier alpha value is -0.910. The minimum Gasteiger partial charge on any atom is -0.492 e. The highest BCUT2D eigenvalue weighted by Gasteiger charge is 2.11. The molecule has 2 rings (SSSR count). The molecule has 3 nitrogen and oxygen atoms in total. The summed E-state index contributed by atoms with van der Waals surface area (Å²) in [5.41, 5.74) is 2.34. The number of nitrogens with one attached hydrogen (secondary N) is 1. The molecule has 112 valence electrons. The summed E-state index contributed by atoms with van der Waals surface area (Å²) in [7, 11) is 0. The summed E-state index contributed by atoms with van der Waals surface area (Å²) in [5.74, 6) is 0.898. The van der Waals surface area contributed by atoms with Gasteiger partial charge in [0.05, 0.1) is 11.1 Å². The van der Waals surface area contributed by atoms with Crippen LogP contribution in [0, 0.1) is 0 Å². The van der Waals surface area contributed by atoms with Crippen molar-refractivity contribution in [2.24, 2.45) is 0 Å². The van der Waals surface area contributed by atoms with Crippen LogP contribution in [-0.2, 0) is 6.54 Å². The monoisotopic (exact) mass is 412 g/mol. The minimum absolute atomic E-state index is 0.250. The van der Waals surface area contributed by atoms with Gasteiger partial charge in [0.2, 0.25) is 0 Å². The standard InChI is InChI=1S/C16H18Br2N2O/c1-3-21-16-13(8-14(17)9-15(16)18)10-20-11(2)12-4-6-19-7-5-12/h4-9,11,20H,3,10H2,1-2H3/t11-/m0/s1. The van der Waals surface area contributed by atoms with Gasteiger partial charge in [-0.1, -0.05) is 15.9 Å². The van der Waals surface area contributed by atoms with Gasteiger partial charge < -0.3 is 10.1 Å². The number of nitrogens with zero attached hydrogens (tertiary/aromatic N) is 1. The van der Waals surface area contributed by atoms with Crippen LogP contribution < -0.4 is 10.1 Å². The lowest BCUT2D eigenvalue weighted by molar-refractivity contribution is 0.332. The van der Waals surface area contributed by atoms with Crippen molar-refractivity contribution in [3.63, 3.8) is 0 Å². The molecule has 0 saturated carbocycles. The van der Waals surface area contributed by atoms with Gasteiger partial charge in [-0.2, -0.15) is 0 Å². The predicted molar refractivity (Wildman–Crippen MR) is 92.5 cm³/mol. The minimum atomic E-state index is 0.250. The van der Waals surface area contributed by atoms with Crippen LogP contribution in [0.25, 0.3) is 0 Å². The Labute approximate surface area is 142 Å². The van der Waals surface area contributed by atoms with Gasteiger partial charge in [0.25, 0.3) is 0 Å². The first-order valence-corrected chi connectivity index (χ1v) is 8.44. The summed E-state index contributed by atoms with van der Waals surface area (Å²) in [5, 5.41) is 3.52. The smallest absolute Gasteiger partial charge is 0.138 e. The van der Waals surface area contributed by atoms with Crippen LogP contribution in [0.4, 0.5) is 0 Å². The first kappa shape index (κ1) is 16.5. The highest BCUT2D eigenvalue weighted by Crippen LogP contribution is 2.33. The van der Waals surface area contributed by atoms with Gasteiger partial charge in [-0.05, 0) is 59.6 Å². The second kappa shape index (κ2) is 7.92. The molecule has 0 fully saturated rings. The SMILES string of the molecule is CCOc1c(Br)cc(Br)cc1CN[C@@H](C)c1ccncc1. The van der Waals surface area contributed by atoms with Gasteiger partial charge in [-0.15, -0.1) is 0 Å². The third kappa shape index (κ3) is 4.53. The van der Waals surface area contributed by atoms with Crippen molar-refractivity contribution in [2.45, 2.75) is 26.4 Å². The molecule has 1 aromatic heterocycles. The van der Waals surface area contributed by atoms with Gasteiger partial charge in [0, 0.05) is 35.0 Å². The average molecular weight is 414 g/mol. The highest BCUT2D eigenvalue weighted by atomic mass is 79.9. The van der Waals surface area contributed by atoms with E-state index in [0.717, 1.165) is 26.8 Å². The molecule has 0 aliphatic carbocycles. The lowest BCUT2D eigenvalue weighted by Gasteiger charge is -2.17. The van der Waals surface area contributed by atoms with Crippen molar-refractivity contribution in [3.05, 3.63) is 56.7 Å². The molecule has 0 spiro atoms. The molecule has 0 aliphatic heterocycles. The van der Waals surface area contributed by atoms with Gasteiger partial charge >= 0.3 is 0 Å². The number of aromatic nitrogens is 1. The van der Waals surface area contributed by atoms with Crippen LogP contribution in [0.3, 0.4) is 0 Å². The second-order valence-electron chi connectivity index (χ2n) is 4.69. The van der Waals surface area contributed by atoms with E-state index in [9.17, 15) is 0 Å². The number of pyridine rings is 1. The Balaban J connectivity index is 2.12. The van der Waals surface area contributed by atoms with Crippen molar-refractivity contribution in [1.29, 1.82) is 0 Å². The number of rotatable bonds is 6. The van der Waals surface area contributed by atoms with E-state index in [1.54, 1.807) is 0 Å². The molecule has 1 atom stereocenters. The van der Waals surface area contributed by atoms with E-state index in [-0.39, 0.29) is 6.04 Å². The van der Waals surface area contributed by atoms with Gasteiger partial charge in [0.1, 0.15) is 5.75 Å². The Kier molecular flexibility index (Phi) is 6.21. The summed E-state index contributed by atoms with van der Waals surface area (Å²) in [4.78, 5) is 4.05. The van der Waals surface area contributed by atoms with Gasteiger partial charge in [-0.3, -0.25) is 4.98 Å². The van der Waals surface area contributed by atoms with Crippen molar-refractivity contribution in [1.82, 2.24) is 10.3 Å². The summed E-state index contributed by atoms with van der Waals surface area (Å²) >= 11 is 7.09. The molecule has 0 unspecified atom stereocenters. The molecular formula is C16H18Br2N2O. The lowest BCUT2D eigenvalue weighted by Crippen LogP contribution is -2.18. The van der Waals surface area contributed by atoms with Gasteiger partial charge in [-0.25, -0.2) is 0 Å². The first-order valence-electron chi connectivity index (χ1n) is 6.85. The van der Waals surface area contributed by atoms with E-state index in [4.69, 9.17) is 4.74 Å². The number of benzene rings is 1. The van der Waals surface area contributed by atoms with E-state index in [2.05, 4.69) is 55.2 Å². The molecule has 1 N–H and O–H groups in total. The zero-order valence-corrected chi connectivity index (χ0v) is 15.2. The Bertz CT molecular complexity index is 590. The Morgan fingerprint density at radius 2 is 1.95 bits per heavy atom.